The van der Waals surface area contributed by atoms with E-state index in [1.54, 1.807) is 6.08 Å². The van der Waals surface area contributed by atoms with Crippen LogP contribution >= 0.6 is 0 Å². The average Bonchev–Trinajstić information content (AvgIpc) is 2.94. The van der Waals surface area contributed by atoms with Crippen LogP contribution in [0.4, 0.5) is 11.4 Å². The van der Waals surface area contributed by atoms with Crippen molar-refractivity contribution in [1.29, 1.82) is 0 Å². The van der Waals surface area contributed by atoms with E-state index in [1.165, 1.54) is 49.9 Å². The second kappa shape index (κ2) is 11.6. The first kappa shape index (κ1) is 24.4. The van der Waals surface area contributed by atoms with Crippen LogP contribution in [0.1, 0.15) is 68.9 Å². The van der Waals surface area contributed by atoms with Gasteiger partial charge in [-0.1, -0.05) is 30.3 Å². The van der Waals surface area contributed by atoms with Crippen molar-refractivity contribution in [3.8, 4) is 0 Å². The van der Waals surface area contributed by atoms with E-state index in [1.807, 2.05) is 12.2 Å². The Morgan fingerprint density at radius 2 is 1.19 bits per heavy atom. The lowest BCUT2D eigenvalue weighted by Crippen LogP contribution is -2.29. The molecule has 3 aliphatic rings. The van der Waals surface area contributed by atoms with Crippen LogP contribution in [0.3, 0.4) is 0 Å². The second-order valence-corrected chi connectivity index (χ2v) is 10.3. The minimum atomic E-state index is -0.0985. The molecule has 0 spiro atoms. The summed E-state index contributed by atoms with van der Waals surface area (Å²) in [4.78, 5) is 17.8. The number of piperidine rings is 2. The van der Waals surface area contributed by atoms with Crippen molar-refractivity contribution < 1.29 is 9.90 Å². The lowest BCUT2D eigenvalue weighted by atomic mass is 9.89. The van der Waals surface area contributed by atoms with E-state index in [0.29, 0.717) is 12.0 Å². The maximum Gasteiger partial charge on any atom is 0.185 e. The molecule has 5 rings (SSSR count). The van der Waals surface area contributed by atoms with Gasteiger partial charge in [0.1, 0.15) is 5.76 Å². The second-order valence-electron chi connectivity index (χ2n) is 10.3. The molecule has 2 aromatic carbocycles. The molecular weight excluding hydrogens is 444 g/mol. The maximum atomic E-state index is 13.0. The van der Waals surface area contributed by atoms with Crippen LogP contribution in [0.5, 0.6) is 0 Å². The molecule has 1 N–H and O–H groups in total. The van der Waals surface area contributed by atoms with E-state index < -0.39 is 0 Å². The Kier molecular flexibility index (Phi) is 7.90. The van der Waals surface area contributed by atoms with Gasteiger partial charge in [-0.15, -0.1) is 0 Å². The highest BCUT2D eigenvalue weighted by molar-refractivity contribution is 6.07. The van der Waals surface area contributed by atoms with Crippen molar-refractivity contribution in [3.05, 3.63) is 82.6 Å². The predicted molar refractivity (Wildman–Crippen MR) is 151 cm³/mol. The molecule has 2 aliphatic heterocycles. The number of anilines is 2. The number of carbonyl (C=O) groups is 1. The quantitative estimate of drug-likeness (QED) is 0.438. The molecule has 4 nitrogen and oxygen atoms in total. The normalized spacial score (nSPS) is 20.4. The maximum absolute atomic E-state index is 13.0. The van der Waals surface area contributed by atoms with Crippen molar-refractivity contribution in [2.45, 2.75) is 57.8 Å². The molecule has 0 saturated carbocycles. The standard InChI is InChI=1S/C32H38N2O2/c35-31(19-14-25-10-15-28(16-11-25)33-20-3-1-4-21-33)30-9-7-8-27(32(30)36)24-26-12-17-29(18-13-26)34-22-5-2-6-23-34/h10-19,24,36H,1-9,20-23H2/b19-14+,27-24+. The van der Waals surface area contributed by atoms with Crippen molar-refractivity contribution in [3.63, 3.8) is 0 Å². The SMILES string of the molecule is O=C(/C=C/c1ccc(N2CCCCC2)cc1)C1=C(O)/C(=C/c2ccc(N3CCCCC3)cc2)CCC1. The van der Waals surface area contributed by atoms with Gasteiger partial charge in [0, 0.05) is 43.1 Å². The van der Waals surface area contributed by atoms with E-state index in [4.69, 9.17) is 0 Å². The molecule has 0 radical (unpaired) electrons. The molecule has 0 unspecified atom stereocenters. The predicted octanol–water partition coefficient (Wildman–Crippen LogP) is 7.33. The number of aliphatic hydroxyl groups excluding tert-OH is 1. The van der Waals surface area contributed by atoms with Crippen LogP contribution < -0.4 is 9.80 Å². The van der Waals surface area contributed by atoms with Crippen molar-refractivity contribution in [1.82, 2.24) is 0 Å². The molecule has 36 heavy (non-hydrogen) atoms. The summed E-state index contributed by atoms with van der Waals surface area (Å²) in [5.74, 6) is 0.0649. The third-order valence-electron chi connectivity index (χ3n) is 7.76. The fourth-order valence-corrected chi connectivity index (χ4v) is 5.62. The minimum Gasteiger partial charge on any atom is -0.507 e. The molecule has 4 heteroatoms. The zero-order chi connectivity index (χ0) is 24.7. The molecule has 0 bridgehead atoms. The van der Waals surface area contributed by atoms with E-state index in [2.05, 4.69) is 58.3 Å². The van der Waals surface area contributed by atoms with Crippen molar-refractivity contribution in [2.75, 3.05) is 36.0 Å². The first-order valence-corrected chi connectivity index (χ1v) is 13.7. The Morgan fingerprint density at radius 1 is 0.667 bits per heavy atom. The summed E-state index contributed by atoms with van der Waals surface area (Å²) >= 11 is 0. The first-order valence-electron chi connectivity index (χ1n) is 13.7. The number of aliphatic hydroxyl groups is 1. The van der Waals surface area contributed by atoms with Gasteiger partial charge in [-0.2, -0.15) is 0 Å². The molecule has 188 valence electrons. The molecule has 2 saturated heterocycles. The summed E-state index contributed by atoms with van der Waals surface area (Å²) in [5.41, 5.74) is 5.97. The Balaban J connectivity index is 1.25. The largest absolute Gasteiger partial charge is 0.507 e. The number of ketones is 1. The van der Waals surface area contributed by atoms with Gasteiger partial charge in [-0.3, -0.25) is 4.79 Å². The number of nitrogens with zero attached hydrogens (tertiary/aromatic N) is 2. The topological polar surface area (TPSA) is 43.8 Å². The van der Waals surface area contributed by atoms with Crippen molar-refractivity contribution >= 4 is 29.3 Å². The zero-order valence-corrected chi connectivity index (χ0v) is 21.3. The number of benzene rings is 2. The van der Waals surface area contributed by atoms with Crippen LogP contribution in [-0.4, -0.2) is 37.1 Å². The van der Waals surface area contributed by atoms with Crippen LogP contribution in [0.25, 0.3) is 12.2 Å². The summed E-state index contributed by atoms with van der Waals surface area (Å²) < 4.78 is 0. The Labute approximate surface area is 215 Å². The first-order chi connectivity index (χ1) is 17.7. The molecule has 0 atom stereocenters. The summed E-state index contributed by atoms with van der Waals surface area (Å²) in [6.07, 6.45) is 15.5. The highest BCUT2D eigenvalue weighted by Gasteiger charge is 2.21. The molecule has 2 fully saturated rings. The number of hydrogen-bond donors (Lipinski definition) is 1. The Bertz CT molecular complexity index is 1130. The van der Waals surface area contributed by atoms with Gasteiger partial charge in [0.15, 0.2) is 5.78 Å². The average molecular weight is 483 g/mol. The van der Waals surface area contributed by atoms with E-state index in [-0.39, 0.29) is 11.5 Å². The Hall–Kier alpha value is -3.27. The third-order valence-corrected chi connectivity index (χ3v) is 7.76. The molecule has 2 heterocycles. The van der Waals surface area contributed by atoms with Gasteiger partial charge in [-0.25, -0.2) is 0 Å². The monoisotopic (exact) mass is 482 g/mol. The van der Waals surface area contributed by atoms with Crippen molar-refractivity contribution in [2.24, 2.45) is 0 Å². The lowest BCUT2D eigenvalue weighted by molar-refractivity contribution is -0.111. The molecule has 0 aromatic heterocycles. The highest BCUT2D eigenvalue weighted by atomic mass is 16.3. The summed E-state index contributed by atoms with van der Waals surface area (Å²) in [6, 6.07) is 17.0. The molecule has 0 amide bonds. The fraction of sp³-hybridized carbons (Fsp3) is 0.406. The van der Waals surface area contributed by atoms with Gasteiger partial charge in [0.25, 0.3) is 0 Å². The van der Waals surface area contributed by atoms with Crippen LogP contribution in [0.15, 0.2) is 71.5 Å². The lowest BCUT2D eigenvalue weighted by Gasteiger charge is -2.28. The van der Waals surface area contributed by atoms with Crippen LogP contribution in [0.2, 0.25) is 0 Å². The molecule has 1 aliphatic carbocycles. The zero-order valence-electron chi connectivity index (χ0n) is 21.3. The van der Waals surface area contributed by atoms with E-state index in [0.717, 1.165) is 55.7 Å². The number of rotatable bonds is 6. The molecular formula is C32H38N2O2. The summed E-state index contributed by atoms with van der Waals surface area (Å²) in [5, 5.41) is 10.9. The number of hydrogen-bond acceptors (Lipinski definition) is 4. The highest BCUT2D eigenvalue weighted by Crippen LogP contribution is 2.31. The number of allylic oxidation sites excluding steroid dienone is 3. The van der Waals surface area contributed by atoms with Crippen LogP contribution in [0, 0.1) is 0 Å². The molecule has 2 aromatic rings. The van der Waals surface area contributed by atoms with Gasteiger partial charge in [0.2, 0.25) is 0 Å². The van der Waals surface area contributed by atoms with Gasteiger partial charge < -0.3 is 14.9 Å². The van der Waals surface area contributed by atoms with Gasteiger partial charge in [-0.05, 0) is 111 Å². The fourth-order valence-electron chi connectivity index (χ4n) is 5.62. The summed E-state index contributed by atoms with van der Waals surface area (Å²) in [7, 11) is 0. The third kappa shape index (κ3) is 5.92. The van der Waals surface area contributed by atoms with Gasteiger partial charge >= 0.3 is 0 Å². The minimum absolute atomic E-state index is 0.0985. The number of carbonyl (C=O) groups excluding carboxylic acids is 1. The van der Waals surface area contributed by atoms with E-state index in [9.17, 15) is 9.90 Å². The van der Waals surface area contributed by atoms with E-state index >= 15 is 0 Å². The van der Waals surface area contributed by atoms with Crippen LogP contribution in [-0.2, 0) is 4.79 Å². The summed E-state index contributed by atoms with van der Waals surface area (Å²) in [6.45, 7) is 4.51. The Morgan fingerprint density at radius 3 is 1.75 bits per heavy atom. The van der Waals surface area contributed by atoms with Gasteiger partial charge in [0.05, 0.1) is 0 Å². The smallest absolute Gasteiger partial charge is 0.185 e.